The molecule has 7 nitrogen and oxygen atoms in total. The van der Waals surface area contributed by atoms with E-state index in [0.29, 0.717) is 5.39 Å². The molecule has 1 heterocycles. The molecule has 1 saturated heterocycles. The lowest BCUT2D eigenvalue weighted by Crippen LogP contribution is -2.45. The number of nitriles is 1. The number of carbonyl (C=O) groups is 1. The van der Waals surface area contributed by atoms with Crippen LogP contribution in [-0.2, 0) is 14.3 Å². The monoisotopic (exact) mass is 491 g/mol. The summed E-state index contributed by atoms with van der Waals surface area (Å²) in [7, 11) is 0. The molecule has 2 aromatic carbocycles. The van der Waals surface area contributed by atoms with Crippen molar-refractivity contribution in [2.45, 2.75) is 25.6 Å². The quantitative estimate of drug-likeness (QED) is 0.284. The number of benzene rings is 2. The molecule has 0 aromatic heterocycles. The first-order valence-corrected chi connectivity index (χ1v) is 11.3. The fourth-order valence-corrected chi connectivity index (χ4v) is 3.92. The molecule has 0 bridgehead atoms. The number of fused-ring (bicyclic) bond motifs is 1. The Morgan fingerprint density at radius 1 is 1.20 bits per heavy atom. The van der Waals surface area contributed by atoms with Gasteiger partial charge in [0.15, 0.2) is 0 Å². The highest BCUT2D eigenvalue weighted by molar-refractivity contribution is 6.07. The number of carbonyl (C=O) groups excluding carboxylic acids is 1. The predicted molar refractivity (Wildman–Crippen MR) is 126 cm³/mol. The fraction of sp³-hybridized carbons (Fsp3) is 0.440. The molecule has 0 spiro atoms. The molecule has 1 fully saturated rings. The lowest BCUT2D eigenvalue weighted by Gasteiger charge is -2.41. The van der Waals surface area contributed by atoms with Gasteiger partial charge in [0.25, 0.3) is 5.91 Å². The van der Waals surface area contributed by atoms with E-state index in [0.717, 1.165) is 24.0 Å². The fourth-order valence-electron chi connectivity index (χ4n) is 3.92. The minimum atomic E-state index is -4.92. The lowest BCUT2D eigenvalue weighted by molar-refractivity contribution is -0.117. The van der Waals surface area contributed by atoms with Crippen LogP contribution in [0.15, 0.2) is 42.0 Å². The molecule has 3 rings (SSSR count). The molecular formula is C25H28F3N3O4. The molecule has 1 aliphatic rings. The van der Waals surface area contributed by atoms with E-state index in [1.54, 1.807) is 6.07 Å². The second-order valence-corrected chi connectivity index (χ2v) is 8.11. The first kappa shape index (κ1) is 26.5. The van der Waals surface area contributed by atoms with Crippen molar-refractivity contribution < 1.29 is 32.5 Å². The van der Waals surface area contributed by atoms with Crippen molar-refractivity contribution in [1.29, 1.82) is 5.26 Å². The van der Waals surface area contributed by atoms with Gasteiger partial charge >= 0.3 is 6.18 Å². The van der Waals surface area contributed by atoms with Gasteiger partial charge in [-0.05, 0) is 36.4 Å². The molecule has 0 saturated carbocycles. The summed E-state index contributed by atoms with van der Waals surface area (Å²) < 4.78 is 52.6. The van der Waals surface area contributed by atoms with Crippen molar-refractivity contribution in [2.24, 2.45) is 0 Å². The molecule has 1 atom stereocenters. The Labute approximate surface area is 201 Å². The number of aliphatic hydroxyl groups excluding tert-OH is 1. The van der Waals surface area contributed by atoms with E-state index >= 15 is 0 Å². The van der Waals surface area contributed by atoms with Crippen molar-refractivity contribution in [3.63, 3.8) is 0 Å². The van der Waals surface area contributed by atoms with Gasteiger partial charge in [-0.25, -0.2) is 0 Å². The third-order valence-electron chi connectivity index (χ3n) is 5.79. The van der Waals surface area contributed by atoms with Gasteiger partial charge in [0.05, 0.1) is 38.6 Å². The van der Waals surface area contributed by atoms with E-state index in [-0.39, 0.29) is 51.2 Å². The number of amides is 1. The minimum absolute atomic E-state index is 0.0294. The topological polar surface area (TPSA) is 94.8 Å². The number of allylic oxidation sites excluding steroid dienone is 1. The maximum Gasteiger partial charge on any atom is 0.418 e. The zero-order valence-electron chi connectivity index (χ0n) is 19.4. The zero-order chi connectivity index (χ0) is 25.4. The molecule has 0 radical (unpaired) electrons. The van der Waals surface area contributed by atoms with Crippen LogP contribution in [0, 0.1) is 11.3 Å². The van der Waals surface area contributed by atoms with Crippen molar-refractivity contribution in [2.75, 3.05) is 51.0 Å². The summed E-state index contributed by atoms with van der Waals surface area (Å²) in [5, 5.41) is 21.8. The summed E-state index contributed by atoms with van der Waals surface area (Å²) in [4.78, 5) is 14.7. The summed E-state index contributed by atoms with van der Waals surface area (Å²) in [6.45, 7) is 3.30. The van der Waals surface area contributed by atoms with Gasteiger partial charge in [0.1, 0.15) is 11.6 Å². The summed E-state index contributed by atoms with van der Waals surface area (Å²) in [5.74, 6) is -1.12. The molecular weight excluding hydrogens is 463 g/mol. The van der Waals surface area contributed by atoms with E-state index in [4.69, 9.17) is 14.6 Å². The zero-order valence-corrected chi connectivity index (χ0v) is 19.4. The number of hydrogen-bond acceptors (Lipinski definition) is 6. The standard InChI is InChI=1S/C25H28F3N3O4/c1-17-7-9-31(17)22-4-2-3-18-5-6-19(15-20(18)22)23(25(26,27)28)21(16-29)24(33)30-8-11-34-13-14-35-12-10-32/h2-6,15,17,32H,7-14H2,1H3,(H,30,33)/b23-21-. The highest BCUT2D eigenvalue weighted by atomic mass is 19.4. The summed E-state index contributed by atoms with van der Waals surface area (Å²) >= 11 is 0. The second kappa shape index (κ2) is 12.0. The van der Waals surface area contributed by atoms with Crippen LogP contribution in [-0.4, -0.2) is 69.4 Å². The van der Waals surface area contributed by atoms with Crippen molar-refractivity contribution in [3.05, 3.63) is 47.5 Å². The van der Waals surface area contributed by atoms with Gasteiger partial charge in [-0.2, -0.15) is 18.4 Å². The molecule has 1 aliphatic heterocycles. The Kier molecular flexibility index (Phi) is 9.09. The van der Waals surface area contributed by atoms with E-state index in [1.165, 1.54) is 18.2 Å². The first-order chi connectivity index (χ1) is 16.8. The van der Waals surface area contributed by atoms with Gasteiger partial charge in [0.2, 0.25) is 0 Å². The minimum Gasteiger partial charge on any atom is -0.394 e. The molecule has 1 unspecified atom stereocenters. The Morgan fingerprint density at radius 3 is 2.54 bits per heavy atom. The average Bonchev–Trinajstić information content (AvgIpc) is 2.82. The van der Waals surface area contributed by atoms with Gasteiger partial charge in [0, 0.05) is 30.2 Å². The van der Waals surface area contributed by atoms with Gasteiger partial charge in [-0.1, -0.05) is 24.3 Å². The van der Waals surface area contributed by atoms with E-state index < -0.39 is 23.2 Å². The van der Waals surface area contributed by atoms with Crippen LogP contribution in [0.4, 0.5) is 18.9 Å². The molecule has 1 amide bonds. The van der Waals surface area contributed by atoms with Crippen LogP contribution >= 0.6 is 0 Å². The number of ether oxygens (including phenoxy) is 2. The van der Waals surface area contributed by atoms with E-state index in [2.05, 4.69) is 17.1 Å². The molecule has 2 aromatic rings. The molecule has 2 N–H and O–H groups in total. The Morgan fingerprint density at radius 2 is 1.94 bits per heavy atom. The molecule has 188 valence electrons. The molecule has 0 aliphatic carbocycles. The number of aliphatic hydroxyl groups is 1. The van der Waals surface area contributed by atoms with E-state index in [9.17, 15) is 23.2 Å². The van der Waals surface area contributed by atoms with E-state index in [1.807, 2.05) is 18.2 Å². The highest BCUT2D eigenvalue weighted by Gasteiger charge is 2.39. The third-order valence-corrected chi connectivity index (χ3v) is 5.79. The van der Waals surface area contributed by atoms with Crippen LogP contribution in [0.1, 0.15) is 18.9 Å². The molecule has 35 heavy (non-hydrogen) atoms. The number of rotatable bonds is 11. The number of anilines is 1. The maximum atomic E-state index is 14.1. The van der Waals surface area contributed by atoms with Crippen molar-refractivity contribution >= 4 is 27.9 Å². The maximum absolute atomic E-state index is 14.1. The smallest absolute Gasteiger partial charge is 0.394 e. The van der Waals surface area contributed by atoms with Gasteiger partial charge in [-0.3, -0.25) is 4.79 Å². The van der Waals surface area contributed by atoms with Crippen molar-refractivity contribution in [1.82, 2.24) is 5.32 Å². The van der Waals surface area contributed by atoms with Crippen LogP contribution in [0.5, 0.6) is 0 Å². The SMILES string of the molecule is CC1CCN1c1cccc2ccc(/C(=C(\C#N)C(=O)NCCOCCOCCO)C(F)(F)F)cc12. The number of halogens is 3. The third kappa shape index (κ3) is 6.51. The number of nitrogens with zero attached hydrogens (tertiary/aromatic N) is 2. The summed E-state index contributed by atoms with van der Waals surface area (Å²) in [5.41, 5.74) is -1.69. The lowest BCUT2D eigenvalue weighted by atomic mass is 9.94. The largest absolute Gasteiger partial charge is 0.418 e. The first-order valence-electron chi connectivity index (χ1n) is 11.3. The number of alkyl halides is 3. The Bertz CT molecular complexity index is 1110. The molecule has 10 heteroatoms. The summed E-state index contributed by atoms with van der Waals surface area (Å²) in [6, 6.07) is 11.5. The van der Waals surface area contributed by atoms with Crippen LogP contribution in [0.25, 0.3) is 16.3 Å². The van der Waals surface area contributed by atoms with Gasteiger partial charge in [-0.15, -0.1) is 0 Å². The average molecular weight is 492 g/mol. The highest BCUT2D eigenvalue weighted by Crippen LogP contribution is 2.40. The second-order valence-electron chi connectivity index (χ2n) is 8.11. The number of nitrogens with one attached hydrogen (secondary N) is 1. The number of hydrogen-bond donors (Lipinski definition) is 2. The van der Waals surface area contributed by atoms with Crippen LogP contribution in [0.2, 0.25) is 0 Å². The normalized spacial score (nSPS) is 16.5. The van der Waals surface area contributed by atoms with Gasteiger partial charge < -0.3 is 24.8 Å². The Hall–Kier alpha value is -3.13. The Balaban J connectivity index is 1.84. The van der Waals surface area contributed by atoms with Crippen molar-refractivity contribution in [3.8, 4) is 6.07 Å². The van der Waals surface area contributed by atoms with Crippen LogP contribution in [0.3, 0.4) is 0 Å². The summed E-state index contributed by atoms with van der Waals surface area (Å²) in [6.07, 6.45) is -3.92. The van der Waals surface area contributed by atoms with Crippen LogP contribution < -0.4 is 10.2 Å². The predicted octanol–water partition coefficient (Wildman–Crippen LogP) is 3.42.